The van der Waals surface area contributed by atoms with Gasteiger partial charge >= 0.3 is 24.8 Å². The van der Waals surface area contributed by atoms with E-state index in [9.17, 15) is 9.59 Å². The molecule has 1 aromatic heterocycles. The number of nitrogens with one attached hydrogen (secondary N) is 1. The van der Waals surface area contributed by atoms with Crippen molar-refractivity contribution in [3.8, 4) is 0 Å². The summed E-state index contributed by atoms with van der Waals surface area (Å²) in [5, 5.41) is 16.5. The van der Waals surface area contributed by atoms with E-state index in [4.69, 9.17) is 5.11 Å². The minimum atomic E-state index is -0.762. The van der Waals surface area contributed by atoms with Gasteiger partial charge in [-0.1, -0.05) is 18.2 Å². The van der Waals surface area contributed by atoms with Crippen molar-refractivity contribution in [1.82, 2.24) is 9.78 Å². The smallest absolute Gasteiger partial charge is 0.870 e. The number of rotatable bonds is 6. The maximum absolute atomic E-state index is 13.5. The quantitative estimate of drug-likeness (QED) is 0.403. The van der Waals surface area contributed by atoms with Crippen LogP contribution in [0.15, 0.2) is 48.7 Å². The fourth-order valence-electron chi connectivity index (χ4n) is 4.00. The molecule has 0 radical (unpaired) electrons. The minimum absolute atomic E-state index is 0. The number of aliphatic carboxylic acids is 1. The topological polar surface area (TPSA) is 149 Å². The summed E-state index contributed by atoms with van der Waals surface area (Å²) in [6.07, 6.45) is 4.26. The molecule has 3 aromatic rings. The molecular weight excluding hydrogens is 431 g/mol. The van der Waals surface area contributed by atoms with E-state index in [2.05, 4.69) is 10.4 Å². The zero-order valence-corrected chi connectivity index (χ0v) is 19.7. The third-order valence-electron chi connectivity index (χ3n) is 5.71. The normalized spacial score (nSPS) is 11.4. The van der Waals surface area contributed by atoms with E-state index >= 15 is 0 Å². The van der Waals surface area contributed by atoms with Crippen LogP contribution in [0.2, 0.25) is 0 Å². The maximum atomic E-state index is 13.5. The molecule has 1 aliphatic heterocycles. The largest absolute Gasteiger partial charge is 1.00 e. The predicted octanol–water partition coefficient (Wildman–Crippen LogP) is 0.432. The number of carboxylic acids is 1. The van der Waals surface area contributed by atoms with Gasteiger partial charge in [-0.05, 0) is 61.6 Å². The number of unbranched alkanes of at least 4 members (excludes halogenated alkanes) is 1. The Bertz CT molecular complexity index is 1150. The summed E-state index contributed by atoms with van der Waals surface area (Å²) in [6.45, 7) is 2.43. The average Bonchev–Trinajstić information content (AvgIpc) is 3.00. The van der Waals surface area contributed by atoms with Gasteiger partial charge in [-0.3, -0.25) is 14.3 Å². The Morgan fingerprint density at radius 3 is 2.59 bits per heavy atom. The van der Waals surface area contributed by atoms with Gasteiger partial charge in [0.25, 0.3) is 5.91 Å². The molecule has 176 valence electrons. The van der Waals surface area contributed by atoms with Crippen LogP contribution in [0.1, 0.15) is 46.3 Å². The van der Waals surface area contributed by atoms with Gasteiger partial charge in [-0.2, -0.15) is 5.10 Å². The number of carboxylic acid groups (broad SMARTS) is 1. The number of para-hydroxylation sites is 2. The van der Waals surface area contributed by atoms with Crippen molar-refractivity contribution in [2.45, 2.75) is 39.2 Å². The first-order valence-electron chi connectivity index (χ1n) is 10.4. The second-order valence-corrected chi connectivity index (χ2v) is 7.92. The van der Waals surface area contributed by atoms with Crippen LogP contribution in [0.5, 0.6) is 0 Å². The van der Waals surface area contributed by atoms with Gasteiger partial charge in [0, 0.05) is 24.6 Å². The van der Waals surface area contributed by atoms with E-state index in [1.165, 1.54) is 0 Å². The summed E-state index contributed by atoms with van der Waals surface area (Å²) >= 11 is 0. The zero-order valence-electron chi connectivity index (χ0n) is 19.7. The Balaban J connectivity index is 0.00000193. The van der Waals surface area contributed by atoms with Gasteiger partial charge in [0.2, 0.25) is 0 Å². The van der Waals surface area contributed by atoms with E-state index in [1.54, 1.807) is 15.8 Å². The van der Waals surface area contributed by atoms with Gasteiger partial charge in [0.15, 0.2) is 0 Å². The number of anilines is 3. The molecule has 0 spiro atoms. The third kappa shape index (κ3) is 6.07. The van der Waals surface area contributed by atoms with Crippen LogP contribution in [0, 0.1) is 6.92 Å². The van der Waals surface area contributed by atoms with Gasteiger partial charge in [0.05, 0.1) is 24.1 Å². The first-order valence-corrected chi connectivity index (χ1v) is 10.4. The molecule has 5 N–H and O–H groups in total. The Morgan fingerprint density at radius 2 is 1.88 bits per heavy atom. The van der Waals surface area contributed by atoms with E-state index in [0.29, 0.717) is 18.5 Å². The van der Waals surface area contributed by atoms with Crippen molar-refractivity contribution in [1.29, 1.82) is 0 Å². The monoisotopic (exact) mass is 460 g/mol. The van der Waals surface area contributed by atoms with E-state index in [-0.39, 0.29) is 42.1 Å². The Kier molecular flexibility index (Phi) is 10.5. The van der Waals surface area contributed by atoms with Crippen LogP contribution < -0.4 is 29.1 Å². The van der Waals surface area contributed by atoms with Crippen molar-refractivity contribution in [2.75, 3.05) is 10.2 Å². The van der Waals surface area contributed by atoms with Crippen LogP contribution in [-0.4, -0.2) is 37.7 Å². The first kappa shape index (κ1) is 28.9. The number of carbonyl (C=O) groups excluding carboxylic acids is 1. The van der Waals surface area contributed by atoms with Gasteiger partial charge in [-0.25, -0.2) is 0 Å². The number of hydrogen-bond donors (Lipinski definition) is 2. The fraction of sp³-hybridized carbons (Fsp3) is 0.292. The van der Waals surface area contributed by atoms with Crippen LogP contribution in [-0.2, 0) is 24.8 Å². The molecule has 0 fully saturated rings. The summed E-state index contributed by atoms with van der Waals surface area (Å²) in [7, 11) is 1.88. The number of benzene rings is 2. The van der Waals surface area contributed by atoms with Gasteiger partial charge in [0.1, 0.15) is 5.82 Å². The van der Waals surface area contributed by atoms with E-state index < -0.39 is 5.97 Å². The summed E-state index contributed by atoms with van der Waals surface area (Å²) < 4.78 is 1.78. The van der Waals surface area contributed by atoms with Crippen molar-refractivity contribution < 1.29 is 44.5 Å². The number of hydrogen-bond acceptors (Lipinski definition) is 5. The molecule has 9 nitrogen and oxygen atoms in total. The standard InChI is InChI=1S/C24H26N4O3.Li.2H2O/c1-16-13-18(12-11-17(16)7-3-6-10-22(29)30)24(31)28-15-19-14-25-27(2)23(19)26-20-8-4-5-9-21(20)28;;;/h4-5,8-9,11-14,26H,3,6-7,10,15H2,1-2H3,(H,29,30);;2*1H2/q;+1;;/p-1. The number of amides is 1. The Morgan fingerprint density at radius 1 is 1.15 bits per heavy atom. The molecule has 0 atom stereocenters. The average molecular weight is 460 g/mol. The van der Waals surface area contributed by atoms with Gasteiger partial charge < -0.3 is 26.3 Å². The van der Waals surface area contributed by atoms with E-state index in [0.717, 1.165) is 46.7 Å². The van der Waals surface area contributed by atoms with Crippen molar-refractivity contribution in [2.24, 2.45) is 7.05 Å². The molecule has 34 heavy (non-hydrogen) atoms. The van der Waals surface area contributed by atoms with Crippen LogP contribution in [0.25, 0.3) is 0 Å². The molecule has 2 aromatic carbocycles. The summed E-state index contributed by atoms with van der Waals surface area (Å²) in [6, 6.07) is 13.6. The van der Waals surface area contributed by atoms with Crippen molar-refractivity contribution in [3.63, 3.8) is 0 Å². The molecule has 0 saturated carbocycles. The Hall–Kier alpha value is -3.09. The number of nitrogens with zero attached hydrogens (tertiary/aromatic N) is 3. The molecule has 0 bridgehead atoms. The molecule has 0 aliphatic carbocycles. The SMILES string of the molecule is Cc1cc(C(=O)N2Cc3cnn(C)c3Nc3ccccc32)ccc1CCCCC(=O)O.O.[Li+].[OH-]. The van der Waals surface area contributed by atoms with E-state index in [1.807, 2.05) is 56.4 Å². The summed E-state index contributed by atoms with van der Waals surface area (Å²) in [5.74, 6) is 0.0591. The van der Waals surface area contributed by atoms with Crippen LogP contribution >= 0.6 is 0 Å². The fourth-order valence-corrected chi connectivity index (χ4v) is 4.00. The summed E-state index contributed by atoms with van der Waals surface area (Å²) in [4.78, 5) is 26.0. The van der Waals surface area contributed by atoms with Gasteiger partial charge in [-0.15, -0.1) is 0 Å². The summed E-state index contributed by atoms with van der Waals surface area (Å²) in [5.41, 5.74) is 5.48. The molecular formula is C24H29LiN4O5. The molecule has 1 amide bonds. The van der Waals surface area contributed by atoms with Crippen molar-refractivity contribution >= 4 is 29.1 Å². The second kappa shape index (κ2) is 12.4. The minimum Gasteiger partial charge on any atom is -0.870 e. The van der Waals surface area contributed by atoms with Crippen LogP contribution in [0.3, 0.4) is 0 Å². The second-order valence-electron chi connectivity index (χ2n) is 7.92. The molecule has 0 unspecified atom stereocenters. The predicted molar refractivity (Wildman–Crippen MR) is 125 cm³/mol. The van der Waals surface area contributed by atoms with Crippen molar-refractivity contribution in [3.05, 3.63) is 70.9 Å². The Labute approximate surface area is 210 Å². The molecule has 2 heterocycles. The number of fused-ring (bicyclic) bond motifs is 2. The first-order chi connectivity index (χ1) is 14.9. The van der Waals surface area contributed by atoms with Crippen LogP contribution in [0.4, 0.5) is 17.2 Å². The molecule has 4 rings (SSSR count). The maximum Gasteiger partial charge on any atom is 1.00 e. The number of aryl methyl sites for hydroxylation is 3. The molecule has 10 heteroatoms. The third-order valence-corrected chi connectivity index (χ3v) is 5.71. The molecule has 0 saturated heterocycles. The molecule has 1 aliphatic rings. The number of aromatic nitrogens is 2. The number of carbonyl (C=O) groups is 2. The zero-order chi connectivity index (χ0) is 22.0.